The summed E-state index contributed by atoms with van der Waals surface area (Å²) in [6.45, 7) is 3.74. The summed E-state index contributed by atoms with van der Waals surface area (Å²) in [4.78, 5) is 12.1. The van der Waals surface area contributed by atoms with E-state index in [1.165, 1.54) is 0 Å². The monoisotopic (exact) mass is 296 g/mol. The zero-order chi connectivity index (χ0) is 14.1. The second-order valence-corrected chi connectivity index (χ2v) is 5.58. The molecular formula is C15H17ClO4. The van der Waals surface area contributed by atoms with Crippen molar-refractivity contribution in [1.29, 1.82) is 0 Å². The number of carbonyl (C=O) groups is 1. The van der Waals surface area contributed by atoms with E-state index in [-0.39, 0.29) is 18.0 Å². The molecule has 4 nitrogen and oxygen atoms in total. The minimum Gasteiger partial charge on any atom is -0.493 e. The van der Waals surface area contributed by atoms with E-state index in [0.717, 1.165) is 5.56 Å². The highest BCUT2D eigenvalue weighted by molar-refractivity contribution is 6.32. The molecule has 0 bridgehead atoms. The van der Waals surface area contributed by atoms with Gasteiger partial charge in [0.2, 0.25) is 0 Å². The Bertz CT molecular complexity index is 523. The van der Waals surface area contributed by atoms with Crippen LogP contribution in [0.15, 0.2) is 12.1 Å². The Morgan fingerprint density at radius 3 is 2.85 bits per heavy atom. The van der Waals surface area contributed by atoms with E-state index in [1.807, 2.05) is 6.92 Å². The minimum atomic E-state index is -0.190. The second kappa shape index (κ2) is 5.72. The molecule has 0 radical (unpaired) electrons. The maximum Gasteiger partial charge on any atom is 0.167 e. The number of Topliss-reactive ketones (excluding diaryl/α,β-unsaturated/α-hetero) is 1. The Balaban J connectivity index is 1.72. The fraction of sp³-hybridized carbons (Fsp3) is 0.533. The van der Waals surface area contributed by atoms with Gasteiger partial charge in [-0.2, -0.15) is 0 Å². The van der Waals surface area contributed by atoms with E-state index in [4.69, 9.17) is 25.8 Å². The molecule has 1 aliphatic heterocycles. The van der Waals surface area contributed by atoms with E-state index < -0.39 is 0 Å². The molecule has 1 atom stereocenters. The molecule has 3 rings (SSSR count). The molecule has 0 N–H and O–H groups in total. The van der Waals surface area contributed by atoms with E-state index in [9.17, 15) is 4.79 Å². The summed E-state index contributed by atoms with van der Waals surface area (Å²) in [6, 6.07) is 3.57. The Morgan fingerprint density at radius 1 is 1.35 bits per heavy atom. The number of ketones is 1. The normalized spacial score (nSPS) is 22.3. The lowest BCUT2D eigenvalue weighted by Gasteiger charge is -2.14. The molecule has 1 aliphatic carbocycles. The van der Waals surface area contributed by atoms with Gasteiger partial charge in [-0.05, 0) is 23.6 Å². The summed E-state index contributed by atoms with van der Waals surface area (Å²) < 4.78 is 16.4. The molecule has 0 spiro atoms. The highest BCUT2D eigenvalue weighted by atomic mass is 35.5. The van der Waals surface area contributed by atoms with Gasteiger partial charge in [-0.15, -0.1) is 0 Å². The van der Waals surface area contributed by atoms with E-state index in [2.05, 4.69) is 0 Å². The molecule has 5 heteroatoms. The molecule has 0 unspecified atom stereocenters. The third-order valence-electron chi connectivity index (χ3n) is 3.72. The maximum absolute atomic E-state index is 12.1. The zero-order valence-corrected chi connectivity index (χ0v) is 12.1. The maximum atomic E-state index is 12.1. The first-order chi connectivity index (χ1) is 9.66. The molecule has 2 aliphatic rings. The number of benzene rings is 1. The van der Waals surface area contributed by atoms with Gasteiger partial charge in [0.05, 0.1) is 25.4 Å². The van der Waals surface area contributed by atoms with Crippen molar-refractivity contribution < 1.29 is 19.0 Å². The van der Waals surface area contributed by atoms with Crippen molar-refractivity contribution in [3.8, 4) is 5.75 Å². The molecule has 20 heavy (non-hydrogen) atoms. The minimum absolute atomic E-state index is 0.110. The van der Waals surface area contributed by atoms with Crippen molar-refractivity contribution in [2.24, 2.45) is 0 Å². The van der Waals surface area contributed by atoms with Crippen molar-refractivity contribution in [2.45, 2.75) is 32.0 Å². The lowest BCUT2D eigenvalue weighted by molar-refractivity contribution is -0.0531. The predicted octanol–water partition coefficient (Wildman–Crippen LogP) is 3.17. The van der Waals surface area contributed by atoms with Crippen LogP contribution in [-0.2, 0) is 9.47 Å². The number of carbonyl (C=O) groups excluding carboxylic acids is 1. The highest BCUT2D eigenvalue weighted by Gasteiger charge is 2.31. The van der Waals surface area contributed by atoms with Gasteiger partial charge in [0.1, 0.15) is 5.75 Å². The summed E-state index contributed by atoms with van der Waals surface area (Å²) in [6.07, 6.45) is 0.968. The van der Waals surface area contributed by atoms with Crippen LogP contribution in [0, 0.1) is 0 Å². The molecule has 0 amide bonds. The number of fused-ring (bicyclic) bond motifs is 1. The fourth-order valence-electron chi connectivity index (χ4n) is 2.79. The van der Waals surface area contributed by atoms with Crippen molar-refractivity contribution in [2.75, 3.05) is 19.8 Å². The van der Waals surface area contributed by atoms with Crippen LogP contribution in [0.2, 0.25) is 5.02 Å². The topological polar surface area (TPSA) is 44.8 Å². The smallest absolute Gasteiger partial charge is 0.167 e. The fourth-order valence-corrected chi connectivity index (χ4v) is 3.13. The van der Waals surface area contributed by atoms with Crippen LogP contribution in [0.5, 0.6) is 5.75 Å². The van der Waals surface area contributed by atoms with E-state index >= 15 is 0 Å². The molecule has 0 saturated carbocycles. The summed E-state index contributed by atoms with van der Waals surface area (Å²) in [5, 5.41) is 0.646. The van der Waals surface area contributed by atoms with Crippen LogP contribution < -0.4 is 4.74 Å². The SMILES string of the molecule is C[C@H]1CC(=O)c2c(OCCC3OCCO3)ccc(Cl)c21. The molecule has 1 aromatic carbocycles. The first kappa shape index (κ1) is 13.9. The third-order valence-corrected chi connectivity index (χ3v) is 4.05. The highest BCUT2D eigenvalue weighted by Crippen LogP contribution is 2.42. The third kappa shape index (κ3) is 2.55. The Morgan fingerprint density at radius 2 is 2.10 bits per heavy atom. The van der Waals surface area contributed by atoms with Gasteiger partial charge in [-0.3, -0.25) is 4.79 Å². The van der Waals surface area contributed by atoms with Gasteiger partial charge in [0, 0.05) is 17.9 Å². The first-order valence-electron chi connectivity index (χ1n) is 6.88. The van der Waals surface area contributed by atoms with Crippen LogP contribution in [-0.4, -0.2) is 31.9 Å². The zero-order valence-electron chi connectivity index (χ0n) is 11.4. The predicted molar refractivity (Wildman–Crippen MR) is 74.6 cm³/mol. The first-order valence-corrected chi connectivity index (χ1v) is 7.26. The van der Waals surface area contributed by atoms with Gasteiger partial charge in [-0.25, -0.2) is 0 Å². The van der Waals surface area contributed by atoms with Crippen LogP contribution in [0.1, 0.15) is 41.6 Å². The van der Waals surface area contributed by atoms with Crippen LogP contribution in [0.25, 0.3) is 0 Å². The quantitative estimate of drug-likeness (QED) is 0.856. The Hall–Kier alpha value is -1.10. The Kier molecular flexibility index (Phi) is 3.96. The summed E-state index contributed by atoms with van der Waals surface area (Å²) in [7, 11) is 0. The summed E-state index contributed by atoms with van der Waals surface area (Å²) in [5.74, 6) is 0.894. The molecule has 1 aromatic rings. The van der Waals surface area contributed by atoms with Crippen LogP contribution >= 0.6 is 11.6 Å². The molecule has 1 fully saturated rings. The summed E-state index contributed by atoms with van der Waals surface area (Å²) >= 11 is 6.19. The van der Waals surface area contributed by atoms with Crippen molar-refractivity contribution in [1.82, 2.24) is 0 Å². The number of hydrogen-bond donors (Lipinski definition) is 0. The van der Waals surface area contributed by atoms with Gasteiger partial charge in [-0.1, -0.05) is 18.5 Å². The molecule has 1 heterocycles. The average Bonchev–Trinajstić information content (AvgIpc) is 3.02. The van der Waals surface area contributed by atoms with Gasteiger partial charge < -0.3 is 14.2 Å². The number of halogens is 1. The lowest BCUT2D eigenvalue weighted by atomic mass is 10.0. The van der Waals surface area contributed by atoms with Crippen molar-refractivity contribution in [3.63, 3.8) is 0 Å². The number of hydrogen-bond acceptors (Lipinski definition) is 4. The van der Waals surface area contributed by atoms with Crippen LogP contribution in [0.3, 0.4) is 0 Å². The average molecular weight is 297 g/mol. The van der Waals surface area contributed by atoms with Gasteiger partial charge >= 0.3 is 0 Å². The number of ether oxygens (including phenoxy) is 3. The van der Waals surface area contributed by atoms with E-state index in [1.54, 1.807) is 12.1 Å². The molecule has 1 saturated heterocycles. The molecule has 0 aromatic heterocycles. The molecule has 108 valence electrons. The molecular weight excluding hydrogens is 280 g/mol. The van der Waals surface area contributed by atoms with Crippen LogP contribution in [0.4, 0.5) is 0 Å². The standard InChI is InChI=1S/C15H17ClO4/c1-9-8-11(17)15-12(3-2-10(16)14(9)15)18-5-4-13-19-6-7-20-13/h2-3,9,13H,4-8H2,1H3/t9-/m0/s1. The van der Waals surface area contributed by atoms with Gasteiger partial charge in [0.25, 0.3) is 0 Å². The largest absolute Gasteiger partial charge is 0.493 e. The lowest BCUT2D eigenvalue weighted by Crippen LogP contribution is -2.13. The number of rotatable bonds is 4. The second-order valence-electron chi connectivity index (χ2n) is 5.17. The Labute approximate surface area is 123 Å². The van der Waals surface area contributed by atoms with Gasteiger partial charge in [0.15, 0.2) is 12.1 Å². The van der Waals surface area contributed by atoms with E-state index in [0.29, 0.717) is 49.0 Å². The summed E-state index contributed by atoms with van der Waals surface area (Å²) in [5.41, 5.74) is 1.57. The van der Waals surface area contributed by atoms with Crippen molar-refractivity contribution in [3.05, 3.63) is 28.3 Å². The van der Waals surface area contributed by atoms with Crippen molar-refractivity contribution >= 4 is 17.4 Å².